The Balaban J connectivity index is 2.86. The molecule has 1 rings (SSSR count). The second kappa shape index (κ2) is 7.02. The number of amidine groups is 1. The van der Waals surface area contributed by atoms with Crippen LogP contribution < -0.4 is 11.1 Å². The lowest BCUT2D eigenvalue weighted by Gasteiger charge is -2.22. The molecule has 0 aromatic rings. The molecular formula is C12H18FN3O5. The number of hydrogen-bond acceptors (Lipinski definition) is 7. The van der Waals surface area contributed by atoms with Crippen LogP contribution in [-0.4, -0.2) is 42.3 Å². The molecule has 0 aromatic carbocycles. The molecule has 4 N–H and O–H groups in total. The van der Waals surface area contributed by atoms with Gasteiger partial charge in [0.1, 0.15) is 0 Å². The second-order valence-electron chi connectivity index (χ2n) is 4.48. The molecule has 1 saturated heterocycles. The third-order valence-corrected chi connectivity index (χ3v) is 2.68. The molecule has 0 spiro atoms. The summed E-state index contributed by atoms with van der Waals surface area (Å²) in [6.07, 6.45) is -2.44. The van der Waals surface area contributed by atoms with Crippen LogP contribution >= 0.6 is 0 Å². The molecule has 0 aliphatic carbocycles. The monoisotopic (exact) mass is 303 g/mol. The smallest absolute Gasteiger partial charge is 0.303 e. The fourth-order valence-corrected chi connectivity index (χ4v) is 1.87. The van der Waals surface area contributed by atoms with E-state index in [0.29, 0.717) is 0 Å². The highest BCUT2D eigenvalue weighted by Crippen LogP contribution is 2.25. The minimum absolute atomic E-state index is 0.557. The number of carbonyl (C=O) groups is 2. The third kappa shape index (κ3) is 4.71. The van der Waals surface area contributed by atoms with Crippen molar-refractivity contribution in [1.29, 1.82) is 5.41 Å². The van der Waals surface area contributed by atoms with Gasteiger partial charge in [-0.1, -0.05) is 0 Å². The van der Waals surface area contributed by atoms with Crippen LogP contribution in [0.3, 0.4) is 0 Å². The van der Waals surface area contributed by atoms with Gasteiger partial charge in [-0.25, -0.2) is 4.39 Å². The van der Waals surface area contributed by atoms with Crippen molar-refractivity contribution in [2.75, 3.05) is 0 Å². The van der Waals surface area contributed by atoms with Crippen molar-refractivity contribution in [2.24, 2.45) is 5.73 Å². The van der Waals surface area contributed by atoms with Crippen molar-refractivity contribution in [1.82, 2.24) is 5.32 Å². The molecule has 1 fully saturated rings. The predicted octanol–water partition coefficient (Wildman–Crippen LogP) is -0.0689. The predicted molar refractivity (Wildman–Crippen MR) is 69.7 cm³/mol. The number of carbonyl (C=O) groups excluding carboxylic acids is 2. The topological polar surface area (TPSA) is 124 Å². The molecule has 118 valence electrons. The van der Waals surface area contributed by atoms with Crippen molar-refractivity contribution < 1.29 is 28.2 Å². The molecule has 8 nitrogen and oxygen atoms in total. The fraction of sp³-hybridized carbons (Fsp3) is 0.583. The Morgan fingerprint density at radius 2 is 1.81 bits per heavy atom. The van der Waals surface area contributed by atoms with Crippen LogP contribution in [0.2, 0.25) is 0 Å². The molecule has 0 bridgehead atoms. The summed E-state index contributed by atoms with van der Waals surface area (Å²) in [6, 6.07) is 0. The SMILES string of the molecule is CC(=O)OC1C(C)OC(N/C=C(/F)C(=N)N)C1OC(C)=O. The zero-order valence-electron chi connectivity index (χ0n) is 11.9. The Morgan fingerprint density at radius 1 is 1.29 bits per heavy atom. The Hall–Kier alpha value is -2.16. The molecule has 0 amide bonds. The van der Waals surface area contributed by atoms with E-state index in [1.165, 1.54) is 13.8 Å². The van der Waals surface area contributed by atoms with Crippen LogP contribution in [0.1, 0.15) is 20.8 Å². The van der Waals surface area contributed by atoms with Crippen LogP contribution in [0.4, 0.5) is 4.39 Å². The normalized spacial score (nSPS) is 28.9. The number of nitrogens with two attached hydrogens (primary N) is 1. The summed E-state index contributed by atoms with van der Waals surface area (Å²) in [6.45, 7) is 4.03. The molecule has 0 aromatic heterocycles. The molecule has 1 heterocycles. The number of hydrogen-bond donors (Lipinski definition) is 3. The second-order valence-corrected chi connectivity index (χ2v) is 4.48. The average molecular weight is 303 g/mol. The maximum absolute atomic E-state index is 13.2. The molecule has 9 heteroatoms. The highest BCUT2D eigenvalue weighted by atomic mass is 19.1. The summed E-state index contributed by atoms with van der Waals surface area (Å²) >= 11 is 0. The van der Waals surface area contributed by atoms with Crippen molar-refractivity contribution in [3.8, 4) is 0 Å². The summed E-state index contributed by atoms with van der Waals surface area (Å²) in [5.41, 5.74) is 4.96. The first-order valence-corrected chi connectivity index (χ1v) is 6.18. The van der Waals surface area contributed by atoms with E-state index in [1.54, 1.807) is 6.92 Å². The number of ether oxygens (including phenoxy) is 3. The number of rotatable bonds is 5. The van der Waals surface area contributed by atoms with Crippen LogP contribution in [0, 0.1) is 5.41 Å². The van der Waals surface area contributed by atoms with Crippen LogP contribution in [-0.2, 0) is 23.8 Å². The fourth-order valence-electron chi connectivity index (χ4n) is 1.87. The maximum atomic E-state index is 13.2. The van der Waals surface area contributed by atoms with Gasteiger partial charge in [0.15, 0.2) is 30.1 Å². The first-order valence-electron chi connectivity index (χ1n) is 6.18. The van der Waals surface area contributed by atoms with Gasteiger partial charge in [-0.3, -0.25) is 15.0 Å². The highest BCUT2D eigenvalue weighted by Gasteiger charge is 2.46. The van der Waals surface area contributed by atoms with E-state index in [2.05, 4.69) is 5.32 Å². The van der Waals surface area contributed by atoms with Crippen molar-refractivity contribution in [3.63, 3.8) is 0 Å². The van der Waals surface area contributed by atoms with Gasteiger partial charge in [-0.2, -0.15) is 0 Å². The van der Waals surface area contributed by atoms with E-state index in [-0.39, 0.29) is 0 Å². The zero-order valence-corrected chi connectivity index (χ0v) is 11.9. The zero-order chi connectivity index (χ0) is 16.2. The Bertz CT molecular complexity index is 468. The average Bonchev–Trinajstić information content (AvgIpc) is 2.62. The molecule has 4 atom stereocenters. The first-order chi connectivity index (χ1) is 9.72. The first kappa shape index (κ1) is 16.9. The minimum atomic E-state index is -0.997. The maximum Gasteiger partial charge on any atom is 0.303 e. The molecule has 1 aliphatic heterocycles. The number of esters is 2. The van der Waals surface area contributed by atoms with Gasteiger partial charge < -0.3 is 25.3 Å². The van der Waals surface area contributed by atoms with Crippen molar-refractivity contribution in [2.45, 2.75) is 45.3 Å². The third-order valence-electron chi connectivity index (χ3n) is 2.68. The molecule has 0 radical (unpaired) electrons. The summed E-state index contributed by atoms with van der Waals surface area (Å²) in [5.74, 6) is -2.91. The van der Waals surface area contributed by atoms with Gasteiger partial charge in [0, 0.05) is 20.0 Å². The lowest BCUT2D eigenvalue weighted by Crippen LogP contribution is -2.43. The van der Waals surface area contributed by atoms with E-state index < -0.39 is 48.1 Å². The van der Waals surface area contributed by atoms with Gasteiger partial charge in [-0.05, 0) is 6.92 Å². The van der Waals surface area contributed by atoms with E-state index in [4.69, 9.17) is 25.4 Å². The Morgan fingerprint density at radius 3 is 2.29 bits per heavy atom. The van der Waals surface area contributed by atoms with Crippen LogP contribution in [0.5, 0.6) is 0 Å². The summed E-state index contributed by atoms with van der Waals surface area (Å²) in [5, 5.41) is 9.41. The van der Waals surface area contributed by atoms with E-state index in [9.17, 15) is 14.0 Å². The van der Waals surface area contributed by atoms with E-state index in [1.807, 2.05) is 0 Å². The van der Waals surface area contributed by atoms with Crippen LogP contribution in [0.25, 0.3) is 0 Å². The van der Waals surface area contributed by atoms with Gasteiger partial charge in [0.25, 0.3) is 0 Å². The summed E-state index contributed by atoms with van der Waals surface area (Å²) in [4.78, 5) is 22.2. The molecular weight excluding hydrogens is 285 g/mol. The summed E-state index contributed by atoms with van der Waals surface area (Å²) < 4.78 is 28.7. The quantitative estimate of drug-likeness (QED) is 0.369. The number of nitrogens with one attached hydrogen (secondary N) is 2. The lowest BCUT2D eigenvalue weighted by atomic mass is 10.1. The van der Waals surface area contributed by atoms with Gasteiger partial charge >= 0.3 is 11.9 Å². The van der Waals surface area contributed by atoms with E-state index in [0.717, 1.165) is 6.20 Å². The van der Waals surface area contributed by atoms with Crippen LogP contribution in [0.15, 0.2) is 12.0 Å². The van der Waals surface area contributed by atoms with Gasteiger partial charge in [-0.15, -0.1) is 0 Å². The lowest BCUT2D eigenvalue weighted by molar-refractivity contribution is -0.164. The Labute approximate surface area is 120 Å². The minimum Gasteiger partial charge on any atom is -0.456 e. The molecule has 1 aliphatic rings. The van der Waals surface area contributed by atoms with Crippen molar-refractivity contribution >= 4 is 17.8 Å². The molecule has 4 unspecified atom stereocenters. The number of halogens is 1. The Kier molecular flexibility index (Phi) is 5.65. The van der Waals surface area contributed by atoms with Gasteiger partial charge in [0.05, 0.1) is 6.10 Å². The van der Waals surface area contributed by atoms with Crippen molar-refractivity contribution in [3.05, 3.63) is 12.0 Å². The van der Waals surface area contributed by atoms with E-state index >= 15 is 0 Å². The standard InChI is InChI=1S/C12H18FN3O5/c1-5-9(20-6(2)17)10(21-7(3)18)12(19-5)16-4-8(13)11(14)15/h4-5,9-10,12,16H,1-3H3,(H3,14,15)/b8-4+. The molecule has 0 saturated carbocycles. The highest BCUT2D eigenvalue weighted by molar-refractivity contribution is 5.91. The summed E-state index contributed by atoms with van der Waals surface area (Å²) in [7, 11) is 0. The molecule has 21 heavy (non-hydrogen) atoms. The largest absolute Gasteiger partial charge is 0.456 e. The van der Waals surface area contributed by atoms with Gasteiger partial charge in [0.2, 0.25) is 0 Å².